The Bertz CT molecular complexity index is 866. The summed E-state index contributed by atoms with van der Waals surface area (Å²) in [7, 11) is 5.11. The lowest BCUT2D eigenvalue weighted by Crippen LogP contribution is -2.48. The van der Waals surface area contributed by atoms with Crippen molar-refractivity contribution in [2.75, 3.05) is 41.0 Å². The van der Waals surface area contributed by atoms with E-state index in [1.807, 2.05) is 25.2 Å². The van der Waals surface area contributed by atoms with Gasteiger partial charge in [0, 0.05) is 20.1 Å². The Morgan fingerprint density at radius 1 is 1.14 bits per heavy atom. The van der Waals surface area contributed by atoms with Crippen molar-refractivity contribution in [3.63, 3.8) is 0 Å². The number of benzene rings is 2. The summed E-state index contributed by atoms with van der Waals surface area (Å²) in [5.41, 5.74) is 4.88. The summed E-state index contributed by atoms with van der Waals surface area (Å²) in [5.74, 6) is 2.33. The van der Waals surface area contributed by atoms with Crippen molar-refractivity contribution in [2.24, 2.45) is 4.99 Å². The molecule has 0 aliphatic carbocycles. The molecule has 0 saturated carbocycles. The molecule has 0 aromatic heterocycles. The second-order valence-electron chi connectivity index (χ2n) is 7.26. The number of aliphatic imine (C=N–C) groups is 1. The Hall–Kier alpha value is -2.73. The Morgan fingerprint density at radius 2 is 1.93 bits per heavy atom. The highest BCUT2D eigenvalue weighted by atomic mass is 16.5. The van der Waals surface area contributed by atoms with Crippen LogP contribution in [-0.2, 0) is 11.3 Å². The number of guanidine groups is 1. The van der Waals surface area contributed by atoms with Gasteiger partial charge in [-0.1, -0.05) is 29.8 Å². The molecule has 29 heavy (non-hydrogen) atoms. The summed E-state index contributed by atoms with van der Waals surface area (Å²) < 4.78 is 16.8. The number of morpholine rings is 1. The molecule has 6 nitrogen and oxygen atoms in total. The number of aryl methyl sites for hydroxylation is 2. The van der Waals surface area contributed by atoms with Gasteiger partial charge >= 0.3 is 0 Å². The first-order valence-corrected chi connectivity index (χ1v) is 9.91. The maximum absolute atomic E-state index is 6.07. The average Bonchev–Trinajstić information content (AvgIpc) is 2.74. The Kier molecular flexibility index (Phi) is 6.99. The van der Waals surface area contributed by atoms with Crippen LogP contribution in [0.1, 0.15) is 28.4 Å². The van der Waals surface area contributed by atoms with Gasteiger partial charge in [-0.15, -0.1) is 0 Å². The molecule has 0 spiro atoms. The van der Waals surface area contributed by atoms with E-state index in [0.717, 1.165) is 36.1 Å². The van der Waals surface area contributed by atoms with Gasteiger partial charge in [0.25, 0.3) is 0 Å². The zero-order chi connectivity index (χ0) is 20.8. The van der Waals surface area contributed by atoms with Crippen molar-refractivity contribution in [1.29, 1.82) is 0 Å². The fourth-order valence-electron chi connectivity index (χ4n) is 3.72. The largest absolute Gasteiger partial charge is 0.493 e. The van der Waals surface area contributed by atoms with Crippen LogP contribution in [0.5, 0.6) is 11.5 Å². The summed E-state index contributed by atoms with van der Waals surface area (Å²) in [6.45, 7) is 7.18. The van der Waals surface area contributed by atoms with Crippen molar-refractivity contribution in [3.8, 4) is 11.5 Å². The normalized spacial score (nSPS) is 17.2. The van der Waals surface area contributed by atoms with E-state index in [1.54, 1.807) is 14.2 Å². The molecule has 2 aromatic carbocycles. The highest BCUT2D eigenvalue weighted by molar-refractivity contribution is 5.80. The van der Waals surface area contributed by atoms with Crippen molar-refractivity contribution >= 4 is 5.96 Å². The van der Waals surface area contributed by atoms with E-state index in [-0.39, 0.29) is 6.10 Å². The van der Waals surface area contributed by atoms with Crippen LogP contribution in [0.25, 0.3) is 0 Å². The lowest BCUT2D eigenvalue weighted by molar-refractivity contribution is -0.00834. The van der Waals surface area contributed by atoms with Crippen LogP contribution >= 0.6 is 0 Å². The second-order valence-corrected chi connectivity index (χ2v) is 7.26. The minimum absolute atomic E-state index is 0.0454. The number of hydrogen-bond donors (Lipinski definition) is 1. The van der Waals surface area contributed by atoms with E-state index >= 15 is 0 Å². The molecule has 2 aromatic rings. The predicted octanol–water partition coefficient (Wildman–Crippen LogP) is 3.47. The van der Waals surface area contributed by atoms with Gasteiger partial charge in [0.2, 0.25) is 0 Å². The van der Waals surface area contributed by atoms with E-state index in [0.29, 0.717) is 13.2 Å². The third-order valence-corrected chi connectivity index (χ3v) is 5.25. The van der Waals surface area contributed by atoms with Crippen molar-refractivity contribution in [1.82, 2.24) is 10.2 Å². The zero-order valence-corrected chi connectivity index (χ0v) is 18.0. The Morgan fingerprint density at radius 3 is 2.62 bits per heavy atom. The quantitative estimate of drug-likeness (QED) is 0.618. The fraction of sp³-hybridized carbons (Fsp3) is 0.435. The smallest absolute Gasteiger partial charge is 0.194 e. The van der Waals surface area contributed by atoms with Crippen LogP contribution in [0, 0.1) is 13.8 Å². The van der Waals surface area contributed by atoms with Gasteiger partial charge in [0.05, 0.1) is 27.4 Å². The van der Waals surface area contributed by atoms with E-state index < -0.39 is 0 Å². The summed E-state index contributed by atoms with van der Waals surface area (Å²) >= 11 is 0. The minimum Gasteiger partial charge on any atom is -0.493 e. The van der Waals surface area contributed by atoms with Crippen molar-refractivity contribution < 1.29 is 14.2 Å². The molecule has 3 rings (SSSR count). The third kappa shape index (κ3) is 5.01. The maximum Gasteiger partial charge on any atom is 0.194 e. The van der Waals surface area contributed by atoms with Gasteiger partial charge in [0.15, 0.2) is 17.5 Å². The predicted molar refractivity (Wildman–Crippen MR) is 116 cm³/mol. The van der Waals surface area contributed by atoms with Crippen LogP contribution in [-0.4, -0.2) is 51.8 Å². The van der Waals surface area contributed by atoms with E-state index in [2.05, 4.69) is 47.3 Å². The molecule has 0 radical (unpaired) electrons. The molecular weight excluding hydrogens is 366 g/mol. The molecule has 156 valence electrons. The molecule has 1 aliphatic heterocycles. The van der Waals surface area contributed by atoms with Gasteiger partial charge < -0.3 is 24.4 Å². The molecule has 1 atom stereocenters. The van der Waals surface area contributed by atoms with E-state index in [9.17, 15) is 0 Å². The highest BCUT2D eigenvalue weighted by Gasteiger charge is 2.25. The number of nitrogens with zero attached hydrogens (tertiary/aromatic N) is 2. The number of ether oxygens (including phenoxy) is 3. The Balaban J connectivity index is 1.67. The van der Waals surface area contributed by atoms with Crippen LogP contribution in [0.2, 0.25) is 0 Å². The second kappa shape index (κ2) is 9.65. The lowest BCUT2D eigenvalue weighted by atomic mass is 10.00. The van der Waals surface area contributed by atoms with Gasteiger partial charge in [-0.25, -0.2) is 0 Å². The van der Waals surface area contributed by atoms with Crippen molar-refractivity contribution in [2.45, 2.75) is 26.5 Å². The first kappa shape index (κ1) is 21.0. The molecule has 1 N–H and O–H groups in total. The van der Waals surface area contributed by atoms with Gasteiger partial charge in [-0.2, -0.15) is 0 Å². The molecular formula is C23H31N3O3. The van der Waals surface area contributed by atoms with E-state index in [1.165, 1.54) is 16.7 Å². The topological polar surface area (TPSA) is 55.3 Å². The molecule has 1 unspecified atom stereocenters. The third-order valence-electron chi connectivity index (χ3n) is 5.25. The first-order chi connectivity index (χ1) is 14.0. The number of hydrogen-bond acceptors (Lipinski definition) is 4. The summed E-state index contributed by atoms with van der Waals surface area (Å²) in [4.78, 5) is 6.75. The van der Waals surface area contributed by atoms with Gasteiger partial charge in [-0.3, -0.25) is 4.99 Å². The molecule has 0 amide bonds. The van der Waals surface area contributed by atoms with Crippen LogP contribution in [0.3, 0.4) is 0 Å². The molecule has 1 saturated heterocycles. The van der Waals surface area contributed by atoms with Crippen molar-refractivity contribution in [3.05, 3.63) is 58.7 Å². The van der Waals surface area contributed by atoms with Gasteiger partial charge in [0.1, 0.15) is 6.10 Å². The molecule has 0 bridgehead atoms. The molecule has 6 heteroatoms. The van der Waals surface area contributed by atoms with E-state index in [4.69, 9.17) is 14.2 Å². The molecule has 1 heterocycles. The highest BCUT2D eigenvalue weighted by Crippen LogP contribution is 2.28. The van der Waals surface area contributed by atoms with Crippen LogP contribution in [0.4, 0.5) is 0 Å². The fourth-order valence-corrected chi connectivity index (χ4v) is 3.72. The number of nitrogens with one attached hydrogen (secondary N) is 1. The zero-order valence-electron chi connectivity index (χ0n) is 18.0. The number of methoxy groups -OCH3 is 2. The average molecular weight is 398 g/mol. The summed E-state index contributed by atoms with van der Waals surface area (Å²) in [5, 5.41) is 3.46. The molecule has 1 aliphatic rings. The lowest BCUT2D eigenvalue weighted by Gasteiger charge is -2.36. The SMILES string of the molecule is CN=C(NCc1ccc(OC)c(OC)c1)N1CCOC(c2ccc(C)cc2C)C1. The van der Waals surface area contributed by atoms with Crippen LogP contribution in [0.15, 0.2) is 41.4 Å². The first-order valence-electron chi connectivity index (χ1n) is 9.91. The number of rotatable bonds is 5. The minimum atomic E-state index is 0.0454. The van der Waals surface area contributed by atoms with Crippen LogP contribution < -0.4 is 14.8 Å². The monoisotopic (exact) mass is 397 g/mol. The maximum atomic E-state index is 6.07. The van der Waals surface area contributed by atoms with Gasteiger partial charge in [-0.05, 0) is 42.7 Å². The summed E-state index contributed by atoms with van der Waals surface area (Å²) in [6, 6.07) is 12.5. The molecule has 1 fully saturated rings. The summed E-state index contributed by atoms with van der Waals surface area (Å²) in [6.07, 6.45) is 0.0454. The Labute approximate surface area is 173 Å². The standard InChI is InChI=1S/C23H31N3O3/c1-16-6-8-19(17(2)12-16)22-15-26(10-11-29-22)23(24-3)25-14-18-7-9-20(27-4)21(13-18)28-5/h6-9,12-13,22H,10-11,14-15H2,1-5H3,(H,24,25).